The summed E-state index contributed by atoms with van der Waals surface area (Å²) < 4.78 is 1.80. The molecule has 1 aromatic heterocycles. The third kappa shape index (κ3) is 2.56. The van der Waals surface area contributed by atoms with E-state index >= 15 is 0 Å². The van der Waals surface area contributed by atoms with E-state index in [9.17, 15) is 4.79 Å². The Hall–Kier alpha value is -1.36. The van der Waals surface area contributed by atoms with Crippen molar-refractivity contribution in [3.63, 3.8) is 0 Å². The zero-order valence-electron chi connectivity index (χ0n) is 11.5. The molecule has 0 N–H and O–H groups in total. The van der Waals surface area contributed by atoms with Gasteiger partial charge in [-0.3, -0.25) is 9.48 Å². The standard InChI is InChI=1S/C13H22N4O/c1-4-15-6-8-16(9-7-15)13(18)12-10-11(3)14-17(12)5-2/h10H,4-9H2,1-3H3. The second-order valence-electron chi connectivity index (χ2n) is 4.71. The molecule has 1 fully saturated rings. The van der Waals surface area contributed by atoms with Crippen molar-refractivity contribution in [2.75, 3.05) is 32.7 Å². The summed E-state index contributed by atoms with van der Waals surface area (Å²) in [5.41, 5.74) is 1.63. The van der Waals surface area contributed by atoms with Gasteiger partial charge in [-0.15, -0.1) is 0 Å². The Morgan fingerprint density at radius 3 is 2.44 bits per heavy atom. The van der Waals surface area contributed by atoms with E-state index in [4.69, 9.17) is 0 Å². The van der Waals surface area contributed by atoms with Gasteiger partial charge in [0.1, 0.15) is 5.69 Å². The monoisotopic (exact) mass is 250 g/mol. The molecule has 2 heterocycles. The van der Waals surface area contributed by atoms with E-state index in [-0.39, 0.29) is 5.91 Å². The number of carbonyl (C=O) groups is 1. The van der Waals surface area contributed by atoms with E-state index < -0.39 is 0 Å². The van der Waals surface area contributed by atoms with Crippen LogP contribution in [0.3, 0.4) is 0 Å². The Kier molecular flexibility index (Phi) is 4.01. The van der Waals surface area contributed by atoms with Crippen molar-refractivity contribution in [3.8, 4) is 0 Å². The van der Waals surface area contributed by atoms with Gasteiger partial charge in [0, 0.05) is 32.7 Å². The number of likely N-dealkylation sites (N-methyl/N-ethyl adjacent to an activating group) is 1. The van der Waals surface area contributed by atoms with Gasteiger partial charge in [0.05, 0.1) is 5.69 Å². The summed E-state index contributed by atoms with van der Waals surface area (Å²) in [6.45, 7) is 11.5. The molecule has 0 atom stereocenters. The molecule has 0 aliphatic carbocycles. The summed E-state index contributed by atoms with van der Waals surface area (Å²) in [6, 6.07) is 1.89. The Morgan fingerprint density at radius 1 is 1.22 bits per heavy atom. The van der Waals surface area contributed by atoms with Crippen LogP contribution in [0, 0.1) is 6.92 Å². The number of amides is 1. The number of aromatic nitrogens is 2. The molecule has 1 aliphatic rings. The normalized spacial score (nSPS) is 17.2. The average Bonchev–Trinajstić information content (AvgIpc) is 2.79. The third-order valence-electron chi connectivity index (χ3n) is 3.53. The fourth-order valence-corrected chi connectivity index (χ4v) is 2.39. The molecule has 0 aromatic carbocycles. The summed E-state index contributed by atoms with van der Waals surface area (Å²) in [7, 11) is 0. The molecule has 0 bridgehead atoms. The number of hydrogen-bond acceptors (Lipinski definition) is 3. The highest BCUT2D eigenvalue weighted by Gasteiger charge is 2.23. The molecule has 5 nitrogen and oxygen atoms in total. The molecular weight excluding hydrogens is 228 g/mol. The number of aryl methyl sites for hydroxylation is 2. The van der Waals surface area contributed by atoms with Crippen molar-refractivity contribution in [3.05, 3.63) is 17.5 Å². The summed E-state index contributed by atoms with van der Waals surface area (Å²) in [6.07, 6.45) is 0. The lowest BCUT2D eigenvalue weighted by Gasteiger charge is -2.34. The van der Waals surface area contributed by atoms with Crippen LogP contribution in [0.2, 0.25) is 0 Å². The first-order chi connectivity index (χ1) is 8.65. The maximum absolute atomic E-state index is 12.4. The van der Waals surface area contributed by atoms with E-state index in [0.29, 0.717) is 0 Å². The Balaban J connectivity index is 2.07. The fourth-order valence-electron chi connectivity index (χ4n) is 2.39. The van der Waals surface area contributed by atoms with Crippen LogP contribution in [0.4, 0.5) is 0 Å². The molecule has 0 saturated carbocycles. The molecule has 1 amide bonds. The van der Waals surface area contributed by atoms with Crippen molar-refractivity contribution in [1.29, 1.82) is 0 Å². The van der Waals surface area contributed by atoms with E-state index in [1.165, 1.54) is 0 Å². The predicted molar refractivity (Wildman–Crippen MR) is 70.7 cm³/mol. The third-order valence-corrected chi connectivity index (χ3v) is 3.53. The molecule has 1 saturated heterocycles. The lowest BCUT2D eigenvalue weighted by molar-refractivity contribution is 0.0631. The number of hydrogen-bond donors (Lipinski definition) is 0. The summed E-state index contributed by atoms with van der Waals surface area (Å²) in [5.74, 6) is 0.119. The molecule has 18 heavy (non-hydrogen) atoms. The summed E-state index contributed by atoms with van der Waals surface area (Å²) >= 11 is 0. The van der Waals surface area contributed by atoms with Gasteiger partial charge in [0.2, 0.25) is 0 Å². The molecule has 1 aromatic rings. The van der Waals surface area contributed by atoms with Gasteiger partial charge in [0.15, 0.2) is 0 Å². The summed E-state index contributed by atoms with van der Waals surface area (Å²) in [4.78, 5) is 16.7. The molecule has 0 spiro atoms. The van der Waals surface area contributed by atoms with Crippen LogP contribution in [0.25, 0.3) is 0 Å². The second-order valence-corrected chi connectivity index (χ2v) is 4.71. The number of carbonyl (C=O) groups excluding carboxylic acids is 1. The van der Waals surface area contributed by atoms with Gasteiger partial charge in [-0.2, -0.15) is 5.10 Å². The van der Waals surface area contributed by atoms with Gasteiger partial charge in [-0.05, 0) is 26.5 Å². The van der Waals surface area contributed by atoms with Crippen molar-refractivity contribution in [1.82, 2.24) is 19.6 Å². The topological polar surface area (TPSA) is 41.4 Å². The van der Waals surface area contributed by atoms with Gasteiger partial charge in [0.25, 0.3) is 5.91 Å². The smallest absolute Gasteiger partial charge is 0.272 e. The SMILES string of the molecule is CCN1CCN(C(=O)c2cc(C)nn2CC)CC1. The highest BCUT2D eigenvalue weighted by molar-refractivity contribution is 5.92. The average molecular weight is 250 g/mol. The molecule has 2 rings (SSSR count). The first-order valence-corrected chi connectivity index (χ1v) is 6.71. The maximum atomic E-state index is 12.4. The Bertz CT molecular complexity index is 419. The minimum Gasteiger partial charge on any atom is -0.335 e. The van der Waals surface area contributed by atoms with E-state index in [0.717, 1.165) is 50.7 Å². The van der Waals surface area contributed by atoms with Crippen molar-refractivity contribution < 1.29 is 4.79 Å². The summed E-state index contributed by atoms with van der Waals surface area (Å²) in [5, 5.41) is 4.33. The van der Waals surface area contributed by atoms with E-state index in [2.05, 4.69) is 16.9 Å². The first-order valence-electron chi connectivity index (χ1n) is 6.71. The fraction of sp³-hybridized carbons (Fsp3) is 0.692. The van der Waals surface area contributed by atoms with Crippen LogP contribution in [0.15, 0.2) is 6.07 Å². The molecule has 5 heteroatoms. The van der Waals surface area contributed by atoms with Crippen LogP contribution >= 0.6 is 0 Å². The zero-order valence-corrected chi connectivity index (χ0v) is 11.5. The van der Waals surface area contributed by atoms with Crippen molar-refractivity contribution in [2.45, 2.75) is 27.3 Å². The Labute approximate surface area is 108 Å². The van der Waals surface area contributed by atoms with Gasteiger partial charge in [-0.1, -0.05) is 6.92 Å². The maximum Gasteiger partial charge on any atom is 0.272 e. The molecular formula is C13H22N4O. The lowest BCUT2D eigenvalue weighted by atomic mass is 10.2. The van der Waals surface area contributed by atoms with Gasteiger partial charge < -0.3 is 9.80 Å². The molecule has 100 valence electrons. The Morgan fingerprint density at radius 2 is 1.89 bits per heavy atom. The van der Waals surface area contributed by atoms with Crippen molar-refractivity contribution in [2.24, 2.45) is 0 Å². The number of piperazine rings is 1. The minimum atomic E-state index is 0.119. The van der Waals surface area contributed by atoms with E-state index in [1.54, 1.807) is 4.68 Å². The second kappa shape index (κ2) is 5.52. The van der Waals surface area contributed by atoms with Crippen LogP contribution in [0.5, 0.6) is 0 Å². The highest BCUT2D eigenvalue weighted by atomic mass is 16.2. The minimum absolute atomic E-state index is 0.119. The van der Waals surface area contributed by atoms with Crippen LogP contribution < -0.4 is 0 Å². The number of rotatable bonds is 3. The molecule has 0 unspecified atom stereocenters. The first kappa shape index (κ1) is 13.1. The van der Waals surface area contributed by atoms with Gasteiger partial charge in [-0.25, -0.2) is 0 Å². The van der Waals surface area contributed by atoms with Crippen LogP contribution in [0.1, 0.15) is 30.0 Å². The predicted octanol–water partition coefficient (Wildman–Crippen LogP) is 0.989. The zero-order chi connectivity index (χ0) is 13.1. The highest BCUT2D eigenvalue weighted by Crippen LogP contribution is 2.10. The molecule has 0 radical (unpaired) electrons. The lowest BCUT2D eigenvalue weighted by Crippen LogP contribution is -2.48. The molecule has 1 aliphatic heterocycles. The quantitative estimate of drug-likeness (QED) is 0.803. The van der Waals surface area contributed by atoms with Gasteiger partial charge >= 0.3 is 0 Å². The van der Waals surface area contributed by atoms with Crippen LogP contribution in [-0.4, -0.2) is 58.2 Å². The van der Waals surface area contributed by atoms with E-state index in [1.807, 2.05) is 24.8 Å². The van der Waals surface area contributed by atoms with Crippen molar-refractivity contribution >= 4 is 5.91 Å². The number of nitrogens with zero attached hydrogens (tertiary/aromatic N) is 4. The van der Waals surface area contributed by atoms with Crippen LogP contribution in [-0.2, 0) is 6.54 Å². The largest absolute Gasteiger partial charge is 0.335 e.